The van der Waals surface area contributed by atoms with Gasteiger partial charge in [-0.15, -0.1) is 11.8 Å². The average molecular weight is 594 g/mol. The Bertz CT molecular complexity index is 1560. The number of methoxy groups -OCH3 is 1. The molecule has 2 atom stereocenters. The minimum absolute atomic E-state index is 0.0194. The largest absolute Gasteiger partial charge is 0.477 e. The maximum atomic E-state index is 13.1. The molecule has 0 spiro atoms. The predicted octanol–water partition coefficient (Wildman–Crippen LogP) is -0.773. The maximum Gasteiger partial charge on any atom is 0.352 e. The van der Waals surface area contributed by atoms with E-state index in [1.165, 1.54) is 42.2 Å². The second-order valence-electron chi connectivity index (χ2n) is 8.23. The fourth-order valence-electron chi connectivity index (χ4n) is 4.29. The van der Waals surface area contributed by atoms with E-state index in [-0.39, 0.29) is 41.1 Å². The number of ether oxygens (including phenoxy) is 1. The number of amides is 2. The second-order valence-corrected chi connectivity index (χ2v) is 11.0. The van der Waals surface area contributed by atoms with Crippen LogP contribution in [0.5, 0.6) is 0 Å². The molecule has 0 unspecified atom stereocenters. The van der Waals surface area contributed by atoms with Gasteiger partial charge in [-0.1, -0.05) is 16.5 Å². The third-order valence-electron chi connectivity index (χ3n) is 5.99. The van der Waals surface area contributed by atoms with Crippen LogP contribution in [-0.4, -0.2) is 84.6 Å². The first-order valence-corrected chi connectivity index (χ1v) is 13.9. The number of carbonyl (C=O) groups excluding carboxylic acids is 3. The molecular weight excluding hydrogens is 572 g/mol. The molecule has 3 aromatic rings. The molecule has 5 rings (SSSR count). The molecule has 2 amide bonds. The molecule has 5 heterocycles. The van der Waals surface area contributed by atoms with E-state index < -0.39 is 35.2 Å². The fraction of sp³-hybridized carbons (Fsp3) is 0.333. The van der Waals surface area contributed by atoms with Gasteiger partial charge in [0.2, 0.25) is 16.4 Å². The van der Waals surface area contributed by atoms with Gasteiger partial charge in [-0.05, 0) is 0 Å². The second kappa shape index (κ2) is 10.6. The SMILES string of the molecule is CO/N=C(\C(=O)N[C@@H]1C(=O)N2C(C(=O)O)=C(C[n+]3cc4sccn4c3CC(=O)OC)CS[C@H]12)c1nsc(N)n1. The fourth-order valence-corrected chi connectivity index (χ4v) is 6.85. The number of nitrogens with one attached hydrogen (secondary N) is 1. The number of hydrogen-bond acceptors (Lipinski definition) is 13. The first-order valence-electron chi connectivity index (χ1n) is 11.2. The number of carbonyl (C=O) groups is 4. The number of aliphatic carboxylic acids is 1. The molecule has 2 aliphatic rings. The minimum Gasteiger partial charge on any atom is -0.477 e. The number of nitrogens with two attached hydrogens (primary N) is 1. The molecule has 3 aromatic heterocycles. The van der Waals surface area contributed by atoms with Gasteiger partial charge in [0, 0.05) is 28.2 Å². The lowest BCUT2D eigenvalue weighted by Gasteiger charge is -2.49. The van der Waals surface area contributed by atoms with Gasteiger partial charge < -0.3 is 25.7 Å². The van der Waals surface area contributed by atoms with Crippen LogP contribution in [0.15, 0.2) is 34.2 Å². The van der Waals surface area contributed by atoms with E-state index in [2.05, 4.69) is 19.8 Å². The summed E-state index contributed by atoms with van der Waals surface area (Å²) in [5.74, 6) is -2.23. The van der Waals surface area contributed by atoms with Crippen LogP contribution in [-0.2, 0) is 41.7 Å². The van der Waals surface area contributed by atoms with Crippen molar-refractivity contribution < 1.29 is 38.4 Å². The van der Waals surface area contributed by atoms with Crippen molar-refractivity contribution in [1.29, 1.82) is 0 Å². The number of thioether (sulfide) groups is 1. The Morgan fingerprint density at radius 3 is 2.82 bits per heavy atom. The highest BCUT2D eigenvalue weighted by Gasteiger charge is 2.54. The normalized spacial score (nSPS) is 19.1. The van der Waals surface area contributed by atoms with Gasteiger partial charge in [-0.3, -0.25) is 19.3 Å². The van der Waals surface area contributed by atoms with Crippen LogP contribution < -0.4 is 15.6 Å². The number of carboxylic acid groups (broad SMARTS) is 1. The van der Waals surface area contributed by atoms with E-state index in [0.717, 1.165) is 16.4 Å². The number of imidazole rings is 1. The topological polar surface area (TPSA) is 195 Å². The lowest BCUT2D eigenvalue weighted by Crippen LogP contribution is -2.71. The molecule has 15 nitrogen and oxygen atoms in total. The van der Waals surface area contributed by atoms with Gasteiger partial charge in [0.25, 0.3) is 17.6 Å². The van der Waals surface area contributed by atoms with Crippen LogP contribution in [0.25, 0.3) is 4.83 Å². The summed E-state index contributed by atoms with van der Waals surface area (Å²) in [5, 5.41) is 17.6. The van der Waals surface area contributed by atoms with E-state index in [1.807, 2.05) is 22.2 Å². The van der Waals surface area contributed by atoms with E-state index >= 15 is 0 Å². The van der Waals surface area contributed by atoms with Gasteiger partial charge >= 0.3 is 11.9 Å². The Morgan fingerprint density at radius 1 is 1.36 bits per heavy atom. The zero-order chi connectivity index (χ0) is 27.8. The molecule has 1 saturated heterocycles. The summed E-state index contributed by atoms with van der Waals surface area (Å²) >= 11 is 3.64. The first kappa shape index (κ1) is 26.6. The molecule has 0 aliphatic carbocycles. The summed E-state index contributed by atoms with van der Waals surface area (Å²) < 4.78 is 12.4. The maximum absolute atomic E-state index is 13.1. The van der Waals surface area contributed by atoms with Gasteiger partial charge in [-0.25, -0.2) is 9.36 Å². The summed E-state index contributed by atoms with van der Waals surface area (Å²) in [4.78, 5) is 61.1. The molecule has 0 aromatic carbocycles. The van der Waals surface area contributed by atoms with E-state index in [4.69, 9.17) is 15.3 Å². The standard InChI is InChI=1S/C21H20N8O7S3/c1-35-12(30)5-10-27(7-11-28(10)3-4-37-11)6-9-8-38-19-14(18(32)29(19)15(9)20(33)34)23-17(31)13(25-36-2)16-24-21(22)39-26-16/h3-4,7,14,19H,5-6,8H2,1-2H3,(H3-,22,23,24,26,31,33,34)/p+1/b25-13-/t14-,19-/m1/s1. The average Bonchev–Trinajstić information content (AvgIpc) is 3.63. The zero-order valence-electron chi connectivity index (χ0n) is 20.4. The summed E-state index contributed by atoms with van der Waals surface area (Å²) in [5.41, 5.74) is 5.66. The van der Waals surface area contributed by atoms with Crippen molar-refractivity contribution in [2.75, 3.05) is 25.7 Å². The van der Waals surface area contributed by atoms with Crippen molar-refractivity contribution in [1.82, 2.24) is 24.0 Å². The van der Waals surface area contributed by atoms with Gasteiger partial charge in [0.15, 0.2) is 5.13 Å². The van der Waals surface area contributed by atoms with E-state index in [0.29, 0.717) is 11.4 Å². The number of β-lactam (4-membered cyclic amide) rings is 1. The van der Waals surface area contributed by atoms with Gasteiger partial charge in [0.1, 0.15) is 49.6 Å². The van der Waals surface area contributed by atoms with Crippen LogP contribution in [0.4, 0.5) is 5.13 Å². The van der Waals surface area contributed by atoms with Crippen molar-refractivity contribution in [3.8, 4) is 0 Å². The molecule has 204 valence electrons. The molecule has 18 heteroatoms. The summed E-state index contributed by atoms with van der Waals surface area (Å²) in [7, 11) is 2.54. The Labute approximate surface area is 232 Å². The van der Waals surface area contributed by atoms with Crippen LogP contribution >= 0.6 is 34.6 Å². The van der Waals surface area contributed by atoms with Crippen molar-refractivity contribution >= 4 is 74.1 Å². The number of oxime groups is 1. The molecule has 0 radical (unpaired) electrons. The third-order valence-corrected chi connectivity index (χ3v) is 8.67. The lowest BCUT2D eigenvalue weighted by molar-refractivity contribution is -0.694. The third kappa shape index (κ3) is 4.81. The highest BCUT2D eigenvalue weighted by molar-refractivity contribution is 8.00. The van der Waals surface area contributed by atoms with Crippen LogP contribution in [0.1, 0.15) is 11.6 Å². The van der Waals surface area contributed by atoms with Crippen LogP contribution in [0.2, 0.25) is 0 Å². The molecule has 1 fully saturated rings. The van der Waals surface area contributed by atoms with Crippen molar-refractivity contribution in [2.45, 2.75) is 24.4 Å². The van der Waals surface area contributed by atoms with Gasteiger partial charge in [0.05, 0.1) is 7.11 Å². The number of carboxylic acids is 1. The van der Waals surface area contributed by atoms with Gasteiger partial charge in [-0.2, -0.15) is 13.8 Å². The number of aromatic nitrogens is 4. The number of hydrogen-bond donors (Lipinski definition) is 3. The number of fused-ring (bicyclic) bond motifs is 2. The number of rotatable bonds is 9. The summed E-state index contributed by atoms with van der Waals surface area (Å²) in [6.07, 6.45) is 3.62. The molecule has 0 saturated carbocycles. The number of nitrogen functional groups attached to an aromatic ring is 1. The van der Waals surface area contributed by atoms with Crippen molar-refractivity contribution in [2.24, 2.45) is 5.16 Å². The molecule has 2 aliphatic heterocycles. The van der Waals surface area contributed by atoms with Crippen LogP contribution in [0, 0.1) is 0 Å². The monoisotopic (exact) mass is 593 g/mol. The molecule has 39 heavy (non-hydrogen) atoms. The Balaban J connectivity index is 1.39. The zero-order valence-corrected chi connectivity index (χ0v) is 22.8. The van der Waals surface area contributed by atoms with Crippen molar-refractivity contribution in [3.05, 3.63) is 40.7 Å². The summed E-state index contributed by atoms with van der Waals surface area (Å²) in [6, 6.07) is -1.00. The number of esters is 1. The lowest BCUT2D eigenvalue weighted by atomic mass is 10.0. The Hall–Kier alpha value is -4.03. The molecular formula is C21H21N8O7S3+. The Kier molecular flexibility index (Phi) is 7.23. The highest BCUT2D eigenvalue weighted by Crippen LogP contribution is 2.40. The Morgan fingerprint density at radius 2 is 2.15 bits per heavy atom. The minimum atomic E-state index is -1.27. The van der Waals surface area contributed by atoms with Crippen molar-refractivity contribution in [3.63, 3.8) is 0 Å². The highest BCUT2D eigenvalue weighted by atomic mass is 32.2. The first-order chi connectivity index (χ1) is 18.7. The van der Waals surface area contributed by atoms with Crippen LogP contribution in [0.3, 0.4) is 0 Å². The molecule has 0 bridgehead atoms. The number of nitrogens with zero attached hydrogens (tertiary/aromatic N) is 6. The quantitative estimate of drug-likeness (QED) is 0.0926. The summed E-state index contributed by atoms with van der Waals surface area (Å²) in [6.45, 7) is 0.143. The van der Waals surface area contributed by atoms with E-state index in [1.54, 1.807) is 4.57 Å². The number of anilines is 1. The van der Waals surface area contributed by atoms with E-state index in [9.17, 15) is 24.3 Å². The predicted molar refractivity (Wildman–Crippen MR) is 139 cm³/mol. The smallest absolute Gasteiger partial charge is 0.352 e. The molecule has 4 N–H and O–H groups in total. The number of thiazole rings is 1.